The quantitative estimate of drug-likeness (QED) is 0.693. The summed E-state index contributed by atoms with van der Waals surface area (Å²) in [6, 6.07) is 6.95. The Morgan fingerprint density at radius 1 is 1.30 bits per heavy atom. The molecule has 4 nitrogen and oxygen atoms in total. The molecule has 0 saturated heterocycles. The van der Waals surface area contributed by atoms with Crippen LogP contribution in [0.2, 0.25) is 0 Å². The third kappa shape index (κ3) is 2.18. The summed E-state index contributed by atoms with van der Waals surface area (Å²) >= 11 is 5.92. The van der Waals surface area contributed by atoms with Gasteiger partial charge in [-0.2, -0.15) is 5.10 Å². The molecule has 0 radical (unpaired) electrons. The highest BCUT2D eigenvalue weighted by Crippen LogP contribution is 2.20. The molecular weight excluding hydrogens is 279 g/mol. The van der Waals surface area contributed by atoms with Crippen LogP contribution in [0, 0.1) is 5.82 Å². The number of aryl methyl sites for hydroxylation is 3. The highest BCUT2D eigenvalue weighted by molar-refractivity contribution is 6.16. The lowest BCUT2D eigenvalue weighted by Gasteiger charge is -2.08. The van der Waals surface area contributed by atoms with Gasteiger partial charge in [-0.25, -0.2) is 9.37 Å². The van der Waals surface area contributed by atoms with Gasteiger partial charge >= 0.3 is 0 Å². The van der Waals surface area contributed by atoms with E-state index in [9.17, 15) is 4.39 Å². The summed E-state index contributed by atoms with van der Waals surface area (Å²) in [5.74, 6) is 0.640. The second-order valence-electron chi connectivity index (χ2n) is 4.62. The average Bonchev–Trinajstić information content (AvgIpc) is 3.01. The van der Waals surface area contributed by atoms with E-state index in [-0.39, 0.29) is 11.7 Å². The van der Waals surface area contributed by atoms with Crippen molar-refractivity contribution in [2.75, 3.05) is 0 Å². The molecule has 2 heterocycles. The molecular formula is C14H14ClFN4. The molecule has 0 N–H and O–H groups in total. The number of para-hydroxylation sites is 1. The first-order chi connectivity index (χ1) is 9.70. The van der Waals surface area contributed by atoms with Gasteiger partial charge in [-0.1, -0.05) is 6.07 Å². The van der Waals surface area contributed by atoms with E-state index in [1.165, 1.54) is 6.07 Å². The Morgan fingerprint density at radius 3 is 2.85 bits per heavy atom. The summed E-state index contributed by atoms with van der Waals surface area (Å²) < 4.78 is 17.6. The van der Waals surface area contributed by atoms with Crippen molar-refractivity contribution in [2.24, 2.45) is 7.05 Å². The zero-order valence-electron chi connectivity index (χ0n) is 11.1. The van der Waals surface area contributed by atoms with Gasteiger partial charge in [0.15, 0.2) is 5.82 Å². The van der Waals surface area contributed by atoms with Gasteiger partial charge in [0.05, 0.1) is 11.4 Å². The molecule has 0 unspecified atom stereocenters. The maximum atomic E-state index is 13.8. The minimum atomic E-state index is -0.312. The van der Waals surface area contributed by atoms with Gasteiger partial charge in [0.1, 0.15) is 11.3 Å². The van der Waals surface area contributed by atoms with Gasteiger partial charge in [-0.05, 0) is 18.2 Å². The smallest absolute Gasteiger partial charge is 0.151 e. The van der Waals surface area contributed by atoms with Crippen molar-refractivity contribution in [1.82, 2.24) is 19.3 Å². The number of nitrogens with zero attached hydrogens (tertiary/aromatic N) is 4. The second-order valence-corrected chi connectivity index (χ2v) is 4.88. The van der Waals surface area contributed by atoms with Crippen molar-refractivity contribution in [3.05, 3.63) is 47.8 Å². The second kappa shape index (κ2) is 5.25. The van der Waals surface area contributed by atoms with Crippen molar-refractivity contribution in [2.45, 2.75) is 18.8 Å². The van der Waals surface area contributed by atoms with E-state index in [4.69, 9.17) is 11.6 Å². The van der Waals surface area contributed by atoms with E-state index in [1.807, 2.05) is 28.4 Å². The average molecular weight is 293 g/mol. The molecule has 20 heavy (non-hydrogen) atoms. The summed E-state index contributed by atoms with van der Waals surface area (Å²) in [6.07, 6.45) is 2.56. The van der Waals surface area contributed by atoms with Crippen LogP contribution in [0.3, 0.4) is 0 Å². The van der Waals surface area contributed by atoms with E-state index in [0.717, 1.165) is 17.6 Å². The third-order valence-corrected chi connectivity index (χ3v) is 3.68. The highest BCUT2D eigenvalue weighted by atomic mass is 35.5. The predicted molar refractivity (Wildman–Crippen MR) is 76.2 cm³/mol. The monoisotopic (exact) mass is 292 g/mol. The maximum absolute atomic E-state index is 13.8. The Labute approximate surface area is 120 Å². The minimum Gasteiger partial charge on any atom is -0.326 e. The molecule has 0 aliphatic heterocycles. The SMILES string of the molecule is Cn1nccc1CCn1c(CCl)nc2c(F)cccc21. The first kappa shape index (κ1) is 13.1. The van der Waals surface area contributed by atoms with Crippen LogP contribution in [0.5, 0.6) is 0 Å². The van der Waals surface area contributed by atoms with Gasteiger partial charge in [0, 0.05) is 31.9 Å². The number of fused-ring (bicyclic) bond motifs is 1. The lowest BCUT2D eigenvalue weighted by molar-refractivity contribution is 0.633. The summed E-state index contributed by atoms with van der Waals surface area (Å²) in [5, 5.41) is 4.14. The van der Waals surface area contributed by atoms with E-state index < -0.39 is 0 Å². The number of benzene rings is 1. The standard InChI is InChI=1S/C14H14ClFN4/c1-19-10(5-7-17-19)6-8-20-12-4-2-3-11(16)14(12)18-13(20)9-15/h2-5,7H,6,8-9H2,1H3. The first-order valence-electron chi connectivity index (χ1n) is 6.37. The largest absolute Gasteiger partial charge is 0.326 e. The van der Waals surface area contributed by atoms with Crippen LogP contribution >= 0.6 is 11.6 Å². The number of rotatable bonds is 4. The molecule has 0 amide bonds. The summed E-state index contributed by atoms with van der Waals surface area (Å²) in [4.78, 5) is 4.29. The van der Waals surface area contributed by atoms with Crippen LogP contribution < -0.4 is 0 Å². The molecule has 104 valence electrons. The topological polar surface area (TPSA) is 35.6 Å². The van der Waals surface area contributed by atoms with Crippen LogP contribution in [0.25, 0.3) is 11.0 Å². The number of aromatic nitrogens is 4. The molecule has 6 heteroatoms. The maximum Gasteiger partial charge on any atom is 0.151 e. The fraction of sp³-hybridized carbons (Fsp3) is 0.286. The molecule has 3 rings (SSSR count). The third-order valence-electron chi connectivity index (χ3n) is 3.44. The molecule has 1 aromatic carbocycles. The van der Waals surface area contributed by atoms with E-state index in [1.54, 1.807) is 12.3 Å². The van der Waals surface area contributed by atoms with Gasteiger partial charge in [0.2, 0.25) is 0 Å². The Hall–Kier alpha value is -1.88. The Morgan fingerprint density at radius 2 is 2.15 bits per heavy atom. The van der Waals surface area contributed by atoms with Crippen LogP contribution in [0.15, 0.2) is 30.5 Å². The van der Waals surface area contributed by atoms with Crippen LogP contribution in [-0.2, 0) is 25.9 Å². The number of halogens is 2. The molecule has 0 atom stereocenters. The molecule has 0 bridgehead atoms. The molecule has 0 fully saturated rings. The number of alkyl halides is 1. The van der Waals surface area contributed by atoms with E-state index >= 15 is 0 Å². The zero-order chi connectivity index (χ0) is 14.1. The number of hydrogen-bond acceptors (Lipinski definition) is 2. The van der Waals surface area contributed by atoms with Crippen LogP contribution in [0.1, 0.15) is 11.5 Å². The van der Waals surface area contributed by atoms with E-state index in [0.29, 0.717) is 17.9 Å². The van der Waals surface area contributed by atoms with Gasteiger partial charge in [-0.3, -0.25) is 4.68 Å². The fourth-order valence-electron chi connectivity index (χ4n) is 2.39. The molecule has 3 aromatic rings. The van der Waals surface area contributed by atoms with Gasteiger partial charge < -0.3 is 4.57 Å². The minimum absolute atomic E-state index is 0.263. The first-order valence-corrected chi connectivity index (χ1v) is 6.90. The van der Waals surface area contributed by atoms with Gasteiger partial charge in [0.25, 0.3) is 0 Å². The van der Waals surface area contributed by atoms with Crippen molar-refractivity contribution in [1.29, 1.82) is 0 Å². The lowest BCUT2D eigenvalue weighted by Crippen LogP contribution is -2.08. The predicted octanol–water partition coefficient (Wildman–Crippen LogP) is 2.89. The zero-order valence-corrected chi connectivity index (χ0v) is 11.8. The summed E-state index contributed by atoms with van der Waals surface area (Å²) in [5.41, 5.74) is 2.28. The van der Waals surface area contributed by atoms with Gasteiger partial charge in [-0.15, -0.1) is 11.6 Å². The molecule has 0 aliphatic rings. The van der Waals surface area contributed by atoms with Crippen molar-refractivity contribution >= 4 is 22.6 Å². The molecule has 0 spiro atoms. The number of hydrogen-bond donors (Lipinski definition) is 0. The van der Waals surface area contributed by atoms with Crippen LogP contribution in [0.4, 0.5) is 4.39 Å². The van der Waals surface area contributed by atoms with E-state index in [2.05, 4.69) is 10.1 Å². The summed E-state index contributed by atoms with van der Waals surface area (Å²) in [7, 11) is 1.91. The Balaban J connectivity index is 1.98. The highest BCUT2D eigenvalue weighted by Gasteiger charge is 2.13. The fourth-order valence-corrected chi connectivity index (χ4v) is 2.59. The summed E-state index contributed by atoms with van der Waals surface area (Å²) in [6.45, 7) is 0.696. The normalized spacial score (nSPS) is 11.3. The van der Waals surface area contributed by atoms with Crippen molar-refractivity contribution in [3.8, 4) is 0 Å². The lowest BCUT2D eigenvalue weighted by atomic mass is 10.2. The molecule has 2 aromatic heterocycles. The van der Waals surface area contributed by atoms with Crippen LogP contribution in [-0.4, -0.2) is 19.3 Å². The molecule has 0 aliphatic carbocycles. The Bertz CT molecular complexity index is 747. The van der Waals surface area contributed by atoms with Crippen molar-refractivity contribution < 1.29 is 4.39 Å². The Kier molecular flexibility index (Phi) is 3.44. The van der Waals surface area contributed by atoms with Crippen molar-refractivity contribution in [3.63, 3.8) is 0 Å². The molecule has 0 saturated carbocycles. The number of imidazole rings is 1.